The number of carbonyl (C=O) groups is 1. The lowest BCUT2D eigenvalue weighted by atomic mass is 9.82. The van der Waals surface area contributed by atoms with Gasteiger partial charge in [0.2, 0.25) is 5.91 Å². The predicted molar refractivity (Wildman–Crippen MR) is 84.4 cm³/mol. The van der Waals surface area contributed by atoms with Crippen LogP contribution in [-0.2, 0) is 11.3 Å². The van der Waals surface area contributed by atoms with Crippen LogP contribution in [0.5, 0.6) is 0 Å². The number of halogens is 2. The number of hydrogen-bond acceptors (Lipinski definition) is 3. The Bertz CT molecular complexity index is 378. The smallest absolute Gasteiger partial charge is 0.221 e. The van der Waals surface area contributed by atoms with Crippen molar-refractivity contribution in [1.29, 1.82) is 0 Å². The minimum Gasteiger partial charge on any atom is -0.354 e. The molecule has 0 unspecified atom stereocenters. The zero-order valence-corrected chi connectivity index (χ0v) is 13.2. The lowest BCUT2D eigenvalue weighted by Gasteiger charge is -2.33. The van der Waals surface area contributed by atoms with Gasteiger partial charge in [0.25, 0.3) is 0 Å². The van der Waals surface area contributed by atoms with Gasteiger partial charge in [-0.2, -0.15) is 0 Å². The van der Waals surface area contributed by atoms with Gasteiger partial charge >= 0.3 is 0 Å². The molecule has 1 amide bonds. The summed E-state index contributed by atoms with van der Waals surface area (Å²) >= 11 is 0. The van der Waals surface area contributed by atoms with Crippen molar-refractivity contribution in [3.05, 3.63) is 18.7 Å². The van der Waals surface area contributed by atoms with Crippen LogP contribution in [0.15, 0.2) is 18.7 Å². The van der Waals surface area contributed by atoms with E-state index in [1.54, 1.807) is 12.5 Å². The summed E-state index contributed by atoms with van der Waals surface area (Å²) in [5.74, 6) is 0.0686. The van der Waals surface area contributed by atoms with Crippen molar-refractivity contribution < 1.29 is 4.79 Å². The Morgan fingerprint density at radius 1 is 1.30 bits per heavy atom. The number of nitrogens with one attached hydrogen (secondary N) is 1. The van der Waals surface area contributed by atoms with E-state index in [0.717, 1.165) is 12.8 Å². The number of hydrogen-bond donors (Lipinski definition) is 2. The molecule has 3 N–H and O–H groups in total. The number of carbonyl (C=O) groups excluding carboxylic acids is 1. The monoisotopic (exact) mass is 322 g/mol. The number of aromatic nitrogens is 2. The quantitative estimate of drug-likeness (QED) is 0.869. The molecule has 1 aromatic heterocycles. The van der Waals surface area contributed by atoms with Crippen LogP contribution in [0.25, 0.3) is 0 Å². The van der Waals surface area contributed by atoms with Gasteiger partial charge in [-0.3, -0.25) is 4.79 Å². The molecule has 1 saturated carbocycles. The van der Waals surface area contributed by atoms with Crippen LogP contribution >= 0.6 is 24.8 Å². The van der Waals surface area contributed by atoms with E-state index >= 15 is 0 Å². The van der Waals surface area contributed by atoms with E-state index in [1.165, 1.54) is 19.3 Å². The third kappa shape index (κ3) is 6.11. The highest BCUT2D eigenvalue weighted by molar-refractivity contribution is 5.85. The molecular weight excluding hydrogens is 299 g/mol. The molecule has 0 aliphatic heterocycles. The fraction of sp³-hybridized carbons (Fsp3) is 0.692. The Labute approximate surface area is 132 Å². The second kappa shape index (κ2) is 9.21. The van der Waals surface area contributed by atoms with Crippen LogP contribution in [0.3, 0.4) is 0 Å². The van der Waals surface area contributed by atoms with Crippen LogP contribution in [0.1, 0.15) is 38.5 Å². The Balaban J connectivity index is 0.00000180. The van der Waals surface area contributed by atoms with E-state index in [4.69, 9.17) is 5.73 Å². The molecule has 0 spiro atoms. The Kier molecular flexibility index (Phi) is 8.85. The molecule has 20 heavy (non-hydrogen) atoms. The molecule has 0 radical (unpaired) electrons. The Hall–Kier alpha value is -0.780. The first-order chi connectivity index (χ1) is 8.68. The average molecular weight is 323 g/mol. The molecule has 0 atom stereocenters. The maximum absolute atomic E-state index is 11.7. The van der Waals surface area contributed by atoms with Gasteiger partial charge in [-0.05, 0) is 12.8 Å². The highest BCUT2D eigenvalue weighted by atomic mass is 35.5. The maximum Gasteiger partial charge on any atom is 0.221 e. The van der Waals surface area contributed by atoms with E-state index in [0.29, 0.717) is 19.5 Å². The van der Waals surface area contributed by atoms with Crippen LogP contribution in [0.4, 0.5) is 0 Å². The molecule has 116 valence electrons. The zero-order chi connectivity index (χ0) is 12.8. The van der Waals surface area contributed by atoms with Crippen LogP contribution in [0.2, 0.25) is 0 Å². The minimum atomic E-state index is -0.178. The molecule has 1 heterocycles. The van der Waals surface area contributed by atoms with Crippen molar-refractivity contribution in [1.82, 2.24) is 14.9 Å². The van der Waals surface area contributed by atoms with Crippen LogP contribution in [0, 0.1) is 0 Å². The maximum atomic E-state index is 11.7. The number of imidazole rings is 1. The van der Waals surface area contributed by atoms with Crippen LogP contribution in [-0.4, -0.2) is 27.5 Å². The SMILES string of the molecule is Cl.Cl.NC1(CNC(=O)CCn2ccnc2)CCCCC1. The molecule has 0 saturated heterocycles. The van der Waals surface area contributed by atoms with Crippen molar-refractivity contribution in [3.63, 3.8) is 0 Å². The van der Waals surface area contributed by atoms with Crippen molar-refractivity contribution >= 4 is 30.7 Å². The average Bonchev–Trinajstić information content (AvgIpc) is 2.88. The number of rotatable bonds is 5. The first-order valence-corrected chi connectivity index (χ1v) is 6.69. The molecule has 5 nitrogen and oxygen atoms in total. The first-order valence-electron chi connectivity index (χ1n) is 6.69. The van der Waals surface area contributed by atoms with Gasteiger partial charge in [0, 0.05) is 37.4 Å². The third-order valence-corrected chi connectivity index (χ3v) is 3.64. The molecule has 0 aromatic carbocycles. The topological polar surface area (TPSA) is 72.9 Å². The zero-order valence-electron chi connectivity index (χ0n) is 11.6. The van der Waals surface area contributed by atoms with Gasteiger partial charge < -0.3 is 15.6 Å². The number of amides is 1. The number of nitrogens with two attached hydrogens (primary N) is 1. The van der Waals surface area contributed by atoms with Gasteiger partial charge in [-0.1, -0.05) is 19.3 Å². The molecule has 1 aliphatic carbocycles. The summed E-state index contributed by atoms with van der Waals surface area (Å²) in [5, 5.41) is 2.96. The summed E-state index contributed by atoms with van der Waals surface area (Å²) in [5.41, 5.74) is 6.09. The predicted octanol–water partition coefficient (Wildman–Crippen LogP) is 1.89. The van der Waals surface area contributed by atoms with Gasteiger partial charge in [0.05, 0.1) is 6.33 Å². The molecule has 1 fully saturated rings. The van der Waals surface area contributed by atoms with E-state index < -0.39 is 0 Å². The summed E-state index contributed by atoms with van der Waals surface area (Å²) in [6.07, 6.45) is 11.5. The minimum absolute atomic E-state index is 0. The van der Waals surface area contributed by atoms with E-state index in [-0.39, 0.29) is 36.3 Å². The van der Waals surface area contributed by atoms with E-state index in [2.05, 4.69) is 10.3 Å². The highest BCUT2D eigenvalue weighted by Crippen LogP contribution is 2.25. The normalized spacial score (nSPS) is 16.6. The standard InChI is InChI=1S/C13H22N4O.2ClH/c14-13(5-2-1-3-6-13)10-16-12(18)4-8-17-9-7-15-11-17;;/h7,9,11H,1-6,8,10,14H2,(H,16,18);2*1H. The molecular formula is C13H24Cl2N4O. The summed E-state index contributed by atoms with van der Waals surface area (Å²) in [6.45, 7) is 1.28. The second-order valence-corrected chi connectivity index (χ2v) is 5.25. The molecule has 1 aromatic rings. The van der Waals surface area contributed by atoms with Gasteiger partial charge in [0.1, 0.15) is 0 Å². The molecule has 7 heteroatoms. The van der Waals surface area contributed by atoms with Gasteiger partial charge in [-0.15, -0.1) is 24.8 Å². The van der Waals surface area contributed by atoms with Crippen molar-refractivity contribution in [2.45, 2.75) is 50.6 Å². The van der Waals surface area contributed by atoms with Crippen molar-refractivity contribution in [3.8, 4) is 0 Å². The van der Waals surface area contributed by atoms with Crippen LogP contribution < -0.4 is 11.1 Å². The Morgan fingerprint density at radius 3 is 2.60 bits per heavy atom. The fourth-order valence-electron chi connectivity index (χ4n) is 2.45. The van der Waals surface area contributed by atoms with E-state index in [9.17, 15) is 4.79 Å². The number of aryl methyl sites for hydroxylation is 1. The van der Waals surface area contributed by atoms with Crippen molar-refractivity contribution in [2.75, 3.05) is 6.54 Å². The molecule has 1 aliphatic rings. The molecule has 2 rings (SSSR count). The number of nitrogens with zero attached hydrogens (tertiary/aromatic N) is 2. The lowest BCUT2D eigenvalue weighted by molar-refractivity contribution is -0.121. The largest absolute Gasteiger partial charge is 0.354 e. The Morgan fingerprint density at radius 2 is 2.00 bits per heavy atom. The van der Waals surface area contributed by atoms with Gasteiger partial charge in [0.15, 0.2) is 0 Å². The fourth-order valence-corrected chi connectivity index (χ4v) is 2.45. The summed E-state index contributed by atoms with van der Waals surface area (Å²) < 4.78 is 1.90. The summed E-state index contributed by atoms with van der Waals surface area (Å²) in [7, 11) is 0. The summed E-state index contributed by atoms with van der Waals surface area (Å²) in [4.78, 5) is 15.7. The summed E-state index contributed by atoms with van der Waals surface area (Å²) in [6, 6.07) is 0. The first kappa shape index (κ1) is 19.2. The molecule has 0 bridgehead atoms. The highest BCUT2D eigenvalue weighted by Gasteiger charge is 2.27. The second-order valence-electron chi connectivity index (χ2n) is 5.25. The van der Waals surface area contributed by atoms with E-state index in [1.807, 2.05) is 10.8 Å². The van der Waals surface area contributed by atoms with Crippen molar-refractivity contribution in [2.24, 2.45) is 5.73 Å². The van der Waals surface area contributed by atoms with Gasteiger partial charge in [-0.25, -0.2) is 4.98 Å². The third-order valence-electron chi connectivity index (χ3n) is 3.64. The lowest BCUT2D eigenvalue weighted by Crippen LogP contribution is -2.51.